The van der Waals surface area contributed by atoms with E-state index in [9.17, 15) is 4.79 Å². The molecule has 3 N–H and O–H groups in total. The first-order chi connectivity index (χ1) is 15.1. The minimum atomic E-state index is -0.482. The first-order valence-corrected chi connectivity index (χ1v) is 10.2. The molecule has 2 aromatic carbocycles. The molecule has 0 bridgehead atoms. The predicted molar refractivity (Wildman–Crippen MR) is 119 cm³/mol. The number of anilines is 1. The number of aromatic nitrogens is 4. The Morgan fingerprint density at radius 2 is 1.97 bits per heavy atom. The molecule has 1 aliphatic rings. The largest absolute Gasteiger partial charge is 0.366 e. The lowest BCUT2D eigenvalue weighted by atomic mass is 10.1. The van der Waals surface area contributed by atoms with Crippen LogP contribution in [0, 0.1) is 0 Å². The molecular formula is C23H23N7O. The second kappa shape index (κ2) is 7.81. The molecule has 0 saturated carbocycles. The van der Waals surface area contributed by atoms with Crippen molar-refractivity contribution < 1.29 is 4.79 Å². The Bertz CT molecular complexity index is 1270. The number of primary amides is 1. The molecule has 1 amide bonds. The van der Waals surface area contributed by atoms with Gasteiger partial charge in [-0.25, -0.2) is 4.98 Å². The van der Waals surface area contributed by atoms with Gasteiger partial charge in [-0.15, -0.1) is 0 Å². The normalized spacial score (nSPS) is 13.8. The van der Waals surface area contributed by atoms with Crippen LogP contribution in [0.5, 0.6) is 0 Å². The molecule has 8 heteroatoms. The first kappa shape index (κ1) is 19.2. The average molecular weight is 413 g/mol. The highest BCUT2D eigenvalue weighted by Crippen LogP contribution is 2.26. The molecule has 8 nitrogen and oxygen atoms in total. The van der Waals surface area contributed by atoms with Crippen molar-refractivity contribution in [3.05, 3.63) is 77.1 Å². The van der Waals surface area contributed by atoms with E-state index in [0.717, 1.165) is 42.1 Å². The van der Waals surface area contributed by atoms with Crippen molar-refractivity contribution in [3.8, 4) is 5.95 Å². The third-order valence-corrected chi connectivity index (χ3v) is 5.61. The van der Waals surface area contributed by atoms with Crippen LogP contribution in [-0.4, -0.2) is 44.1 Å². The van der Waals surface area contributed by atoms with Crippen LogP contribution < -0.4 is 11.1 Å². The topological polar surface area (TPSA) is 102 Å². The number of nitrogens with zero attached hydrogens (tertiary/aromatic N) is 5. The van der Waals surface area contributed by atoms with Gasteiger partial charge in [0.25, 0.3) is 5.95 Å². The first-order valence-electron chi connectivity index (χ1n) is 10.2. The summed E-state index contributed by atoms with van der Waals surface area (Å²) >= 11 is 0. The predicted octanol–water partition coefficient (Wildman–Crippen LogP) is 2.51. The fourth-order valence-electron chi connectivity index (χ4n) is 3.98. The number of hydrogen-bond acceptors (Lipinski definition) is 6. The highest BCUT2D eigenvalue weighted by molar-refractivity contribution is 6.05. The van der Waals surface area contributed by atoms with E-state index in [-0.39, 0.29) is 0 Å². The van der Waals surface area contributed by atoms with Crippen molar-refractivity contribution in [3.63, 3.8) is 0 Å². The summed E-state index contributed by atoms with van der Waals surface area (Å²) < 4.78 is 1.67. The Labute approximate surface area is 179 Å². The molecule has 0 atom stereocenters. The molecule has 0 spiro atoms. The molecule has 0 radical (unpaired) electrons. The van der Waals surface area contributed by atoms with E-state index in [0.29, 0.717) is 23.4 Å². The van der Waals surface area contributed by atoms with Gasteiger partial charge in [-0.1, -0.05) is 36.4 Å². The third-order valence-electron chi connectivity index (χ3n) is 5.61. The molecule has 2 aromatic heterocycles. The zero-order chi connectivity index (χ0) is 21.4. The number of carbonyl (C=O) groups excluding carboxylic acids is 1. The third kappa shape index (κ3) is 3.62. The highest BCUT2D eigenvalue weighted by Gasteiger charge is 2.22. The molecule has 0 unspecified atom stereocenters. The summed E-state index contributed by atoms with van der Waals surface area (Å²) in [5.41, 5.74) is 10.0. The van der Waals surface area contributed by atoms with Crippen molar-refractivity contribution in [1.29, 1.82) is 0 Å². The molecule has 4 aromatic rings. The van der Waals surface area contributed by atoms with Crippen molar-refractivity contribution in [2.75, 3.05) is 18.9 Å². The van der Waals surface area contributed by atoms with E-state index >= 15 is 0 Å². The fraction of sp³-hybridized carbons (Fsp3) is 0.217. The molecule has 1 aliphatic heterocycles. The summed E-state index contributed by atoms with van der Waals surface area (Å²) in [6.07, 6.45) is 2.48. The van der Waals surface area contributed by atoms with Gasteiger partial charge in [0.2, 0.25) is 5.91 Å². The quantitative estimate of drug-likeness (QED) is 0.521. The minimum absolute atomic E-state index is 0.436. The maximum atomic E-state index is 11.8. The van der Waals surface area contributed by atoms with Crippen LogP contribution in [0.4, 0.5) is 5.82 Å². The number of amides is 1. The molecule has 156 valence electrons. The number of hydrogen-bond donors (Lipinski definition) is 2. The van der Waals surface area contributed by atoms with Crippen LogP contribution in [0.1, 0.15) is 27.2 Å². The SMILES string of the molecule is CN1CCc2nc(-n3ncc4c(C(N)=O)cccc43)nc(NCc3ccccc3)c2C1. The summed E-state index contributed by atoms with van der Waals surface area (Å²) in [6, 6.07) is 15.6. The van der Waals surface area contributed by atoms with E-state index in [1.807, 2.05) is 24.3 Å². The van der Waals surface area contributed by atoms with Gasteiger partial charge in [0, 0.05) is 37.0 Å². The van der Waals surface area contributed by atoms with Gasteiger partial charge in [0.15, 0.2) is 0 Å². The number of likely N-dealkylation sites (N-methyl/N-ethyl adjacent to an activating group) is 1. The van der Waals surface area contributed by atoms with Crippen LogP contribution in [0.15, 0.2) is 54.7 Å². The Kier molecular flexibility index (Phi) is 4.83. The maximum absolute atomic E-state index is 11.8. The van der Waals surface area contributed by atoms with Gasteiger partial charge in [-0.3, -0.25) is 4.79 Å². The van der Waals surface area contributed by atoms with E-state index in [1.165, 1.54) is 5.56 Å². The highest BCUT2D eigenvalue weighted by atomic mass is 16.1. The Balaban J connectivity index is 1.59. The van der Waals surface area contributed by atoms with E-state index in [4.69, 9.17) is 15.7 Å². The van der Waals surface area contributed by atoms with E-state index < -0.39 is 5.91 Å². The lowest BCUT2D eigenvalue weighted by Gasteiger charge is -2.26. The van der Waals surface area contributed by atoms with Crippen molar-refractivity contribution in [2.24, 2.45) is 5.73 Å². The van der Waals surface area contributed by atoms with Gasteiger partial charge in [-0.05, 0) is 24.7 Å². The zero-order valence-corrected chi connectivity index (χ0v) is 17.2. The summed E-state index contributed by atoms with van der Waals surface area (Å²) in [7, 11) is 2.10. The molecule has 0 fully saturated rings. The second-order valence-corrected chi connectivity index (χ2v) is 7.78. The van der Waals surface area contributed by atoms with E-state index in [2.05, 4.69) is 34.5 Å². The number of fused-ring (bicyclic) bond motifs is 2. The Morgan fingerprint density at radius 3 is 2.77 bits per heavy atom. The number of nitrogens with two attached hydrogens (primary N) is 1. The molecule has 3 heterocycles. The monoisotopic (exact) mass is 413 g/mol. The summed E-state index contributed by atoms with van der Waals surface area (Å²) in [5, 5.41) is 8.66. The van der Waals surface area contributed by atoms with Gasteiger partial charge in [0.05, 0.1) is 23.0 Å². The second-order valence-electron chi connectivity index (χ2n) is 7.78. The Morgan fingerprint density at radius 1 is 1.13 bits per heavy atom. The number of carbonyl (C=O) groups is 1. The number of nitrogens with one attached hydrogen (secondary N) is 1. The number of benzene rings is 2. The van der Waals surface area contributed by atoms with Crippen LogP contribution in [0.3, 0.4) is 0 Å². The molecular weight excluding hydrogens is 390 g/mol. The fourth-order valence-corrected chi connectivity index (χ4v) is 3.98. The van der Waals surface area contributed by atoms with Gasteiger partial charge >= 0.3 is 0 Å². The van der Waals surface area contributed by atoms with Crippen LogP contribution in [0.2, 0.25) is 0 Å². The lowest BCUT2D eigenvalue weighted by Crippen LogP contribution is -2.29. The molecule has 0 saturated heterocycles. The van der Waals surface area contributed by atoms with Gasteiger partial charge in [0.1, 0.15) is 5.82 Å². The van der Waals surface area contributed by atoms with Crippen LogP contribution in [-0.2, 0) is 19.5 Å². The number of rotatable bonds is 5. The Hall–Kier alpha value is -3.78. The summed E-state index contributed by atoms with van der Waals surface area (Å²) in [5.74, 6) is 0.811. The standard InChI is InChI=1S/C23H23N7O/c1-29-11-10-19-18(14-29)22(25-12-15-6-3-2-4-7-15)28-23(27-19)30-20-9-5-8-16(21(24)31)17(20)13-26-30/h2-9,13H,10-12,14H2,1H3,(H2,24,31)(H,25,27,28). The van der Waals surface area contributed by atoms with Crippen molar-refractivity contribution in [1.82, 2.24) is 24.6 Å². The van der Waals surface area contributed by atoms with Crippen LogP contribution in [0.25, 0.3) is 16.9 Å². The molecule has 31 heavy (non-hydrogen) atoms. The zero-order valence-electron chi connectivity index (χ0n) is 17.2. The van der Waals surface area contributed by atoms with Gasteiger partial charge < -0.3 is 16.0 Å². The van der Waals surface area contributed by atoms with Crippen molar-refractivity contribution in [2.45, 2.75) is 19.5 Å². The summed E-state index contributed by atoms with van der Waals surface area (Å²) in [6.45, 7) is 2.39. The van der Waals surface area contributed by atoms with Crippen LogP contribution >= 0.6 is 0 Å². The summed E-state index contributed by atoms with van der Waals surface area (Å²) in [4.78, 5) is 23.7. The average Bonchev–Trinajstić information content (AvgIpc) is 3.22. The molecule has 0 aliphatic carbocycles. The van der Waals surface area contributed by atoms with Crippen molar-refractivity contribution >= 4 is 22.6 Å². The minimum Gasteiger partial charge on any atom is -0.366 e. The maximum Gasteiger partial charge on any atom is 0.253 e. The lowest BCUT2D eigenvalue weighted by molar-refractivity contribution is 0.100. The van der Waals surface area contributed by atoms with Gasteiger partial charge in [-0.2, -0.15) is 14.8 Å². The van der Waals surface area contributed by atoms with E-state index in [1.54, 1.807) is 23.0 Å². The smallest absolute Gasteiger partial charge is 0.253 e. The molecule has 5 rings (SSSR count).